The number of carbonyl (C=O) groups is 2. The minimum absolute atomic E-state index is 0.0493. The van der Waals surface area contributed by atoms with E-state index in [0.29, 0.717) is 10.9 Å². The van der Waals surface area contributed by atoms with Gasteiger partial charge in [-0.2, -0.15) is 0 Å². The minimum Gasteiger partial charge on any atom is -0.480 e. The van der Waals surface area contributed by atoms with Gasteiger partial charge in [-0.25, -0.2) is 14.6 Å². The normalized spacial score (nSPS) is 12.5. The quantitative estimate of drug-likeness (QED) is 0.843. The van der Waals surface area contributed by atoms with Crippen LogP contribution in [0.25, 0.3) is 0 Å². The van der Waals surface area contributed by atoms with Gasteiger partial charge in [0.25, 0.3) is 0 Å². The van der Waals surface area contributed by atoms with E-state index in [9.17, 15) is 9.59 Å². The van der Waals surface area contributed by atoms with Crippen molar-refractivity contribution >= 4 is 23.4 Å². The maximum atomic E-state index is 11.6. The molecule has 0 aliphatic heterocycles. The lowest BCUT2D eigenvalue weighted by atomic mass is 10.1. The van der Waals surface area contributed by atoms with E-state index in [1.54, 1.807) is 13.8 Å². The van der Waals surface area contributed by atoms with Gasteiger partial charge in [0.1, 0.15) is 17.7 Å². The SMILES string of the molecule is CC(C)c1csc(COC(=O)N[C@H](C(=O)O)C(C)C)n1. The maximum absolute atomic E-state index is 11.6. The van der Waals surface area contributed by atoms with Crippen molar-refractivity contribution in [3.63, 3.8) is 0 Å². The van der Waals surface area contributed by atoms with Crippen LogP contribution in [0, 0.1) is 5.92 Å². The number of aromatic nitrogens is 1. The number of carbonyl (C=O) groups excluding carboxylic acids is 1. The van der Waals surface area contributed by atoms with E-state index in [-0.39, 0.29) is 12.5 Å². The average Bonchev–Trinajstić information content (AvgIpc) is 2.81. The lowest BCUT2D eigenvalue weighted by Gasteiger charge is -2.17. The molecule has 1 atom stereocenters. The summed E-state index contributed by atoms with van der Waals surface area (Å²) in [4.78, 5) is 26.8. The second-order valence-electron chi connectivity index (χ2n) is 5.10. The molecule has 0 bridgehead atoms. The van der Waals surface area contributed by atoms with Crippen LogP contribution >= 0.6 is 11.3 Å². The van der Waals surface area contributed by atoms with Crippen LogP contribution in [-0.2, 0) is 16.1 Å². The van der Waals surface area contributed by atoms with E-state index in [0.717, 1.165) is 5.69 Å². The molecule has 6 nitrogen and oxygen atoms in total. The lowest BCUT2D eigenvalue weighted by Crippen LogP contribution is -2.44. The number of ether oxygens (including phenoxy) is 1. The fourth-order valence-electron chi connectivity index (χ4n) is 1.47. The van der Waals surface area contributed by atoms with Crippen LogP contribution in [0.3, 0.4) is 0 Å². The third kappa shape index (κ3) is 4.80. The number of hydrogen-bond acceptors (Lipinski definition) is 5. The Labute approximate surface area is 122 Å². The van der Waals surface area contributed by atoms with Crippen LogP contribution in [0.1, 0.15) is 44.3 Å². The largest absolute Gasteiger partial charge is 0.480 e. The Kier molecular flexibility index (Phi) is 5.94. The standard InChI is InChI=1S/C13H20N2O4S/c1-7(2)9-6-20-10(14-9)5-19-13(18)15-11(8(3)4)12(16)17/h6-8,11H,5H2,1-4H3,(H,15,18)(H,16,17)/t11-/m0/s1. The molecule has 0 fully saturated rings. The zero-order valence-electron chi connectivity index (χ0n) is 12.0. The summed E-state index contributed by atoms with van der Waals surface area (Å²) in [6.45, 7) is 7.55. The highest BCUT2D eigenvalue weighted by Crippen LogP contribution is 2.18. The third-order valence-corrected chi connectivity index (χ3v) is 3.53. The van der Waals surface area contributed by atoms with E-state index < -0.39 is 18.1 Å². The topological polar surface area (TPSA) is 88.5 Å². The molecular formula is C13H20N2O4S. The molecule has 0 radical (unpaired) electrons. The number of amides is 1. The molecular weight excluding hydrogens is 280 g/mol. The number of hydrogen-bond donors (Lipinski definition) is 2. The van der Waals surface area contributed by atoms with Crippen LogP contribution in [0.4, 0.5) is 4.79 Å². The fraction of sp³-hybridized carbons (Fsp3) is 0.615. The third-order valence-electron chi connectivity index (χ3n) is 2.69. The molecule has 20 heavy (non-hydrogen) atoms. The molecule has 0 unspecified atom stereocenters. The van der Waals surface area contributed by atoms with Crippen molar-refractivity contribution in [3.05, 3.63) is 16.1 Å². The van der Waals surface area contributed by atoms with E-state index in [1.165, 1.54) is 11.3 Å². The summed E-state index contributed by atoms with van der Waals surface area (Å²) in [7, 11) is 0. The zero-order valence-corrected chi connectivity index (χ0v) is 12.9. The summed E-state index contributed by atoms with van der Waals surface area (Å²) in [5, 5.41) is 13.9. The van der Waals surface area contributed by atoms with Gasteiger partial charge in [-0.15, -0.1) is 11.3 Å². The van der Waals surface area contributed by atoms with Crippen molar-refractivity contribution in [1.82, 2.24) is 10.3 Å². The van der Waals surface area contributed by atoms with Crippen molar-refractivity contribution in [3.8, 4) is 0 Å². The molecule has 0 spiro atoms. The first-order chi connectivity index (χ1) is 9.31. The molecule has 112 valence electrons. The predicted octanol–water partition coefficient (Wildman–Crippen LogP) is 2.60. The van der Waals surface area contributed by atoms with Gasteiger partial charge >= 0.3 is 12.1 Å². The number of alkyl carbamates (subject to hydrolysis) is 1. The predicted molar refractivity (Wildman–Crippen MR) is 75.8 cm³/mol. The molecule has 1 aromatic heterocycles. The van der Waals surface area contributed by atoms with Crippen molar-refractivity contribution in [2.45, 2.75) is 46.3 Å². The van der Waals surface area contributed by atoms with Crippen LogP contribution < -0.4 is 5.32 Å². The zero-order chi connectivity index (χ0) is 15.3. The second kappa shape index (κ2) is 7.23. The summed E-state index contributed by atoms with van der Waals surface area (Å²) in [5.41, 5.74) is 0.958. The Morgan fingerprint density at radius 2 is 2.05 bits per heavy atom. The van der Waals surface area contributed by atoms with Gasteiger partial charge < -0.3 is 15.2 Å². The van der Waals surface area contributed by atoms with Gasteiger partial charge in [0, 0.05) is 5.38 Å². The highest BCUT2D eigenvalue weighted by atomic mass is 32.1. The maximum Gasteiger partial charge on any atom is 0.408 e. The van der Waals surface area contributed by atoms with Crippen molar-refractivity contribution < 1.29 is 19.4 Å². The van der Waals surface area contributed by atoms with E-state index >= 15 is 0 Å². The van der Waals surface area contributed by atoms with Gasteiger partial charge in [0.15, 0.2) is 0 Å². The first-order valence-corrected chi connectivity index (χ1v) is 7.29. The molecule has 0 aliphatic rings. The highest BCUT2D eigenvalue weighted by Gasteiger charge is 2.24. The van der Waals surface area contributed by atoms with Crippen molar-refractivity contribution in [2.75, 3.05) is 0 Å². The smallest absolute Gasteiger partial charge is 0.408 e. The highest BCUT2D eigenvalue weighted by molar-refractivity contribution is 7.09. The number of nitrogens with zero attached hydrogens (tertiary/aromatic N) is 1. The van der Waals surface area contributed by atoms with E-state index in [1.807, 2.05) is 19.2 Å². The summed E-state index contributed by atoms with van der Waals surface area (Å²) in [5.74, 6) is -0.966. The fourth-order valence-corrected chi connectivity index (χ4v) is 2.33. The molecule has 1 rings (SSSR count). The minimum atomic E-state index is -1.08. The lowest BCUT2D eigenvalue weighted by molar-refractivity contribution is -0.140. The van der Waals surface area contributed by atoms with Gasteiger partial charge in [-0.1, -0.05) is 27.7 Å². The van der Waals surface area contributed by atoms with Crippen LogP contribution in [0.5, 0.6) is 0 Å². The number of rotatable bonds is 6. The number of carboxylic acid groups (broad SMARTS) is 1. The van der Waals surface area contributed by atoms with E-state index in [4.69, 9.17) is 9.84 Å². The summed E-state index contributed by atoms with van der Waals surface area (Å²) < 4.78 is 4.99. The Hall–Kier alpha value is -1.63. The van der Waals surface area contributed by atoms with Crippen LogP contribution in [0.2, 0.25) is 0 Å². The molecule has 1 amide bonds. The first-order valence-electron chi connectivity index (χ1n) is 6.41. The molecule has 7 heteroatoms. The van der Waals surface area contributed by atoms with E-state index in [2.05, 4.69) is 10.3 Å². The molecule has 1 aromatic rings. The summed E-state index contributed by atoms with van der Waals surface area (Å²) in [6, 6.07) is -0.954. The van der Waals surface area contributed by atoms with Gasteiger partial charge in [0.2, 0.25) is 0 Å². The van der Waals surface area contributed by atoms with Crippen LogP contribution in [-0.4, -0.2) is 28.2 Å². The number of aliphatic carboxylic acids is 1. The summed E-state index contributed by atoms with van der Waals surface area (Å²) in [6.07, 6.45) is -0.743. The molecule has 2 N–H and O–H groups in total. The Morgan fingerprint density at radius 3 is 2.50 bits per heavy atom. The first kappa shape index (κ1) is 16.4. The molecule has 1 heterocycles. The van der Waals surface area contributed by atoms with Gasteiger partial charge in [0.05, 0.1) is 5.69 Å². The van der Waals surface area contributed by atoms with Gasteiger partial charge in [-0.05, 0) is 11.8 Å². The van der Waals surface area contributed by atoms with Crippen molar-refractivity contribution in [2.24, 2.45) is 5.92 Å². The average molecular weight is 300 g/mol. The Bertz CT molecular complexity index is 471. The second-order valence-corrected chi connectivity index (χ2v) is 6.04. The van der Waals surface area contributed by atoms with Crippen molar-refractivity contribution in [1.29, 1.82) is 0 Å². The van der Waals surface area contributed by atoms with Crippen LogP contribution in [0.15, 0.2) is 5.38 Å². The number of carboxylic acids is 1. The monoisotopic (exact) mass is 300 g/mol. The Balaban J connectivity index is 2.48. The molecule has 0 saturated carbocycles. The molecule has 0 saturated heterocycles. The molecule has 0 aromatic carbocycles. The summed E-state index contributed by atoms with van der Waals surface area (Å²) >= 11 is 1.42. The Morgan fingerprint density at radius 1 is 1.40 bits per heavy atom. The number of thiazole rings is 1. The van der Waals surface area contributed by atoms with Gasteiger partial charge in [-0.3, -0.25) is 0 Å². The number of nitrogens with one attached hydrogen (secondary N) is 1. The molecule has 0 aliphatic carbocycles.